The average Bonchev–Trinajstić information content (AvgIpc) is 3.04. The van der Waals surface area contributed by atoms with Gasteiger partial charge in [-0.2, -0.15) is 0 Å². The molecule has 2 aliphatic heterocycles. The number of benzene rings is 2. The highest BCUT2D eigenvalue weighted by Gasteiger charge is 2.34. The summed E-state index contributed by atoms with van der Waals surface area (Å²) < 4.78 is 1.13. The van der Waals surface area contributed by atoms with Gasteiger partial charge in [0.2, 0.25) is 11.8 Å². The molecular weight excluding hydrogens is 606 g/mol. The summed E-state index contributed by atoms with van der Waals surface area (Å²) in [5.74, 6) is -0.978. The third-order valence-electron chi connectivity index (χ3n) is 6.82. The lowest BCUT2D eigenvalue weighted by atomic mass is 9.99. The average molecular weight is 635 g/mol. The van der Waals surface area contributed by atoms with Crippen LogP contribution in [0.25, 0.3) is 0 Å². The lowest BCUT2D eigenvalue weighted by molar-refractivity contribution is -0.137. The summed E-state index contributed by atoms with van der Waals surface area (Å²) in [4.78, 5) is 54.6. The van der Waals surface area contributed by atoms with Crippen LogP contribution in [0.4, 0.5) is 16.2 Å². The van der Waals surface area contributed by atoms with E-state index in [1.807, 2.05) is 29.2 Å². The maximum atomic E-state index is 13.4. The number of piperidine rings is 1. The van der Waals surface area contributed by atoms with E-state index in [2.05, 4.69) is 42.5 Å². The largest absolute Gasteiger partial charge is 0.397 e. The van der Waals surface area contributed by atoms with E-state index >= 15 is 0 Å². The second-order valence-electron chi connectivity index (χ2n) is 9.32. The molecule has 11 heteroatoms. The number of para-hydroxylation sites is 1. The highest BCUT2D eigenvalue weighted by Crippen LogP contribution is 2.30. The third kappa shape index (κ3) is 6.32. The molecule has 4 N–H and O–H groups in total. The van der Waals surface area contributed by atoms with Crippen LogP contribution in [-0.2, 0) is 16.0 Å². The molecule has 1 atom stereocenters. The first-order valence-corrected chi connectivity index (χ1v) is 13.7. The molecule has 2 heterocycles. The van der Waals surface area contributed by atoms with Crippen LogP contribution in [0.3, 0.4) is 0 Å². The fourth-order valence-corrected chi connectivity index (χ4v) is 6.04. The molecule has 1 saturated heterocycles. The van der Waals surface area contributed by atoms with Crippen molar-refractivity contribution in [2.24, 2.45) is 0 Å². The van der Waals surface area contributed by atoms with Gasteiger partial charge in [0.25, 0.3) is 0 Å². The second-order valence-corrected chi connectivity index (χ2v) is 11.0. The Balaban J connectivity index is 1.39. The quantitative estimate of drug-likeness (QED) is 0.328. The van der Waals surface area contributed by atoms with Gasteiger partial charge in [-0.1, -0.05) is 18.2 Å². The standard InChI is InChI=1S/C26H29Br2N5O4/c1-15(34)30-22(14-23(35)17-12-19(27)24(29)20(28)13-17)25(36)32-9-7-18(8-10-32)33-11-6-16-4-2-3-5-21(16)31-26(33)37/h2-5,12-13,18,22H,6-11,14,29H2,1H3,(H,30,34)(H,31,37)/t22-/m1/s1. The Morgan fingerprint density at radius 3 is 2.41 bits per heavy atom. The molecule has 0 unspecified atom stereocenters. The molecule has 1 fully saturated rings. The number of fused-ring (bicyclic) bond motifs is 1. The van der Waals surface area contributed by atoms with E-state index in [0.717, 1.165) is 17.7 Å². The fraction of sp³-hybridized carbons (Fsp3) is 0.385. The normalized spacial score (nSPS) is 16.9. The van der Waals surface area contributed by atoms with Crippen molar-refractivity contribution in [3.05, 3.63) is 56.5 Å². The number of likely N-dealkylation sites (tertiary alicyclic amines) is 1. The maximum absolute atomic E-state index is 13.4. The minimum Gasteiger partial charge on any atom is -0.397 e. The van der Waals surface area contributed by atoms with Crippen LogP contribution < -0.4 is 16.4 Å². The SMILES string of the molecule is CC(=O)N[C@H](CC(=O)c1cc(Br)c(N)c(Br)c1)C(=O)N1CCC(N2CCc3ccccc3NC2=O)CC1. The summed E-state index contributed by atoms with van der Waals surface area (Å²) in [5, 5.41) is 5.64. The van der Waals surface area contributed by atoms with Gasteiger partial charge in [0.1, 0.15) is 6.04 Å². The number of ketones is 1. The third-order valence-corrected chi connectivity index (χ3v) is 8.14. The topological polar surface area (TPSA) is 125 Å². The molecule has 9 nitrogen and oxygen atoms in total. The first kappa shape index (κ1) is 27.1. The van der Waals surface area contributed by atoms with Crippen LogP contribution in [0.2, 0.25) is 0 Å². The van der Waals surface area contributed by atoms with Crippen LogP contribution in [0.15, 0.2) is 45.3 Å². The van der Waals surface area contributed by atoms with Crippen LogP contribution in [0, 0.1) is 0 Å². The smallest absolute Gasteiger partial charge is 0.322 e. The van der Waals surface area contributed by atoms with E-state index in [0.29, 0.717) is 52.7 Å². The summed E-state index contributed by atoms with van der Waals surface area (Å²) >= 11 is 6.67. The highest BCUT2D eigenvalue weighted by molar-refractivity contribution is 9.11. The van der Waals surface area contributed by atoms with Gasteiger partial charge in [0, 0.05) is 59.2 Å². The number of carbonyl (C=O) groups excluding carboxylic acids is 4. The molecule has 0 aliphatic carbocycles. The monoisotopic (exact) mass is 633 g/mol. The zero-order chi connectivity index (χ0) is 26.7. The van der Waals surface area contributed by atoms with E-state index < -0.39 is 6.04 Å². The number of nitrogens with two attached hydrogens (primary N) is 1. The van der Waals surface area contributed by atoms with E-state index in [4.69, 9.17) is 5.73 Å². The number of anilines is 2. The Bertz CT molecular complexity index is 1210. The number of halogens is 2. The van der Waals surface area contributed by atoms with E-state index in [1.54, 1.807) is 17.0 Å². The number of hydrogen-bond acceptors (Lipinski definition) is 5. The van der Waals surface area contributed by atoms with Crippen molar-refractivity contribution in [1.82, 2.24) is 15.1 Å². The molecule has 2 aromatic rings. The lowest BCUT2D eigenvalue weighted by Crippen LogP contribution is -2.54. The van der Waals surface area contributed by atoms with Gasteiger partial charge in [0.15, 0.2) is 5.78 Å². The molecule has 2 aromatic carbocycles. The molecule has 0 saturated carbocycles. The van der Waals surface area contributed by atoms with Crippen LogP contribution in [0.1, 0.15) is 42.1 Å². The van der Waals surface area contributed by atoms with Crippen molar-refractivity contribution in [1.29, 1.82) is 0 Å². The zero-order valence-corrected chi connectivity index (χ0v) is 23.6. The maximum Gasteiger partial charge on any atom is 0.322 e. The molecule has 0 aromatic heterocycles. The molecule has 37 heavy (non-hydrogen) atoms. The highest BCUT2D eigenvalue weighted by atomic mass is 79.9. The van der Waals surface area contributed by atoms with Crippen molar-refractivity contribution in [2.75, 3.05) is 30.7 Å². The number of nitrogens with zero attached hydrogens (tertiary/aromatic N) is 2. The zero-order valence-electron chi connectivity index (χ0n) is 20.4. The van der Waals surface area contributed by atoms with Gasteiger partial charge in [-0.15, -0.1) is 0 Å². The number of urea groups is 1. The van der Waals surface area contributed by atoms with E-state index in [1.165, 1.54) is 6.92 Å². The summed E-state index contributed by atoms with van der Waals surface area (Å²) in [6.07, 6.45) is 1.83. The van der Waals surface area contributed by atoms with Gasteiger partial charge < -0.3 is 26.2 Å². The number of hydrogen-bond donors (Lipinski definition) is 3. The minimum atomic E-state index is -0.979. The second kappa shape index (κ2) is 11.6. The lowest BCUT2D eigenvalue weighted by Gasteiger charge is -2.39. The van der Waals surface area contributed by atoms with Crippen molar-refractivity contribution >= 4 is 66.9 Å². The Labute approximate surface area is 232 Å². The van der Waals surface area contributed by atoms with Gasteiger partial charge in [0.05, 0.1) is 5.69 Å². The number of rotatable bonds is 6. The summed E-state index contributed by atoms with van der Waals surface area (Å²) in [6, 6.07) is 9.90. The number of Topliss-reactive ketones (excluding diaryl/α,β-unsaturated/α-hetero) is 1. The summed E-state index contributed by atoms with van der Waals surface area (Å²) in [6.45, 7) is 2.80. The Morgan fingerprint density at radius 2 is 1.76 bits per heavy atom. The predicted octanol–water partition coefficient (Wildman–Crippen LogP) is 3.95. The van der Waals surface area contributed by atoms with Crippen LogP contribution in [0.5, 0.6) is 0 Å². The summed E-state index contributed by atoms with van der Waals surface area (Å²) in [5.41, 5.74) is 8.71. The molecule has 0 radical (unpaired) electrons. The molecule has 0 bridgehead atoms. The summed E-state index contributed by atoms with van der Waals surface area (Å²) in [7, 11) is 0. The Hall–Kier alpha value is -2.92. The molecule has 4 amide bonds. The van der Waals surface area contributed by atoms with Crippen molar-refractivity contribution in [3.63, 3.8) is 0 Å². The molecule has 4 rings (SSSR count). The Morgan fingerprint density at radius 1 is 1.11 bits per heavy atom. The number of nitrogen functional groups attached to an aromatic ring is 1. The van der Waals surface area contributed by atoms with Gasteiger partial charge >= 0.3 is 6.03 Å². The van der Waals surface area contributed by atoms with Crippen LogP contribution in [-0.4, -0.2) is 65.1 Å². The molecule has 0 spiro atoms. The van der Waals surface area contributed by atoms with Crippen molar-refractivity contribution < 1.29 is 19.2 Å². The van der Waals surface area contributed by atoms with Crippen LogP contribution >= 0.6 is 31.9 Å². The fourth-order valence-electron chi connectivity index (χ4n) is 4.85. The predicted molar refractivity (Wildman–Crippen MR) is 148 cm³/mol. The molecule has 196 valence electrons. The van der Waals surface area contributed by atoms with Crippen molar-refractivity contribution in [3.8, 4) is 0 Å². The minimum absolute atomic E-state index is 0.00342. The number of carbonyl (C=O) groups is 4. The van der Waals surface area contributed by atoms with E-state index in [-0.39, 0.29) is 36.1 Å². The number of amides is 4. The van der Waals surface area contributed by atoms with Gasteiger partial charge in [-0.3, -0.25) is 14.4 Å². The van der Waals surface area contributed by atoms with Crippen molar-refractivity contribution in [2.45, 2.75) is 44.7 Å². The first-order chi connectivity index (χ1) is 17.6. The van der Waals surface area contributed by atoms with Gasteiger partial charge in [-0.25, -0.2) is 4.79 Å². The van der Waals surface area contributed by atoms with Gasteiger partial charge in [-0.05, 0) is 74.9 Å². The number of nitrogens with one attached hydrogen (secondary N) is 2. The molecular formula is C26H29Br2N5O4. The van der Waals surface area contributed by atoms with E-state index in [9.17, 15) is 19.2 Å². The first-order valence-electron chi connectivity index (χ1n) is 12.1. The Kier molecular flexibility index (Phi) is 8.53. The molecule has 2 aliphatic rings.